The molecule has 1 aliphatic rings. The molecule has 4 nitrogen and oxygen atoms in total. The lowest BCUT2D eigenvalue weighted by atomic mass is 9.97. The summed E-state index contributed by atoms with van der Waals surface area (Å²) in [6.45, 7) is 2.26. The summed E-state index contributed by atoms with van der Waals surface area (Å²) >= 11 is 0. The summed E-state index contributed by atoms with van der Waals surface area (Å²) in [7, 11) is 0. The maximum absolute atomic E-state index is 12.7. The van der Waals surface area contributed by atoms with Crippen LogP contribution < -0.4 is 5.32 Å². The smallest absolute Gasteiger partial charge is 0.342 e. The largest absolute Gasteiger partial charge is 0.416 e. The first-order chi connectivity index (χ1) is 12.8. The van der Waals surface area contributed by atoms with Crippen LogP contribution in [-0.2, 0) is 15.8 Å². The second-order valence-corrected chi connectivity index (χ2v) is 6.74. The molecule has 0 bridgehead atoms. The molecule has 0 heterocycles. The van der Waals surface area contributed by atoms with Crippen molar-refractivity contribution in [3.63, 3.8) is 0 Å². The zero-order chi connectivity index (χ0) is 19.9. The molecular weight excluding hydrogens is 357 g/mol. The van der Waals surface area contributed by atoms with Gasteiger partial charge in [-0.2, -0.15) is 13.2 Å². The number of benzene rings is 1. The van der Waals surface area contributed by atoms with E-state index in [1.54, 1.807) is 4.90 Å². The molecule has 0 spiro atoms. The van der Waals surface area contributed by atoms with Gasteiger partial charge in [-0.1, -0.05) is 17.7 Å². The first-order valence-corrected chi connectivity index (χ1v) is 9.16. The van der Waals surface area contributed by atoms with Crippen molar-refractivity contribution in [1.82, 2.24) is 4.90 Å². The normalized spacial score (nSPS) is 14.4. The minimum absolute atomic E-state index is 0.0366. The summed E-state index contributed by atoms with van der Waals surface area (Å²) in [6, 6.07) is 4.51. The van der Waals surface area contributed by atoms with Gasteiger partial charge in [-0.05, 0) is 50.3 Å². The molecule has 0 atom stereocenters. The Hall–Kier alpha value is -2.31. The SMILES string of the molecule is CC(=O)N(CCC(=O)Nc1cccc(C(F)(F)F)c1)CCC1=CCCCC1. The van der Waals surface area contributed by atoms with Gasteiger partial charge in [0.15, 0.2) is 0 Å². The number of hydrogen-bond acceptors (Lipinski definition) is 2. The molecule has 1 aliphatic carbocycles. The molecule has 1 aromatic rings. The molecule has 2 amide bonds. The van der Waals surface area contributed by atoms with E-state index >= 15 is 0 Å². The van der Waals surface area contributed by atoms with E-state index in [-0.39, 0.29) is 24.6 Å². The molecule has 2 rings (SSSR count). The maximum atomic E-state index is 12.7. The average Bonchev–Trinajstić information content (AvgIpc) is 2.61. The van der Waals surface area contributed by atoms with E-state index < -0.39 is 17.6 Å². The van der Waals surface area contributed by atoms with Crippen LogP contribution in [0.2, 0.25) is 0 Å². The fourth-order valence-electron chi connectivity index (χ4n) is 3.07. The van der Waals surface area contributed by atoms with E-state index in [2.05, 4.69) is 11.4 Å². The fraction of sp³-hybridized carbons (Fsp3) is 0.500. The van der Waals surface area contributed by atoms with Gasteiger partial charge in [0.1, 0.15) is 0 Å². The van der Waals surface area contributed by atoms with Crippen molar-refractivity contribution in [3.8, 4) is 0 Å². The monoisotopic (exact) mass is 382 g/mol. The number of nitrogens with one attached hydrogen (secondary N) is 1. The first kappa shape index (κ1) is 21.0. The maximum Gasteiger partial charge on any atom is 0.416 e. The molecule has 1 aromatic carbocycles. The Kier molecular flexibility index (Phi) is 7.45. The second kappa shape index (κ2) is 9.58. The summed E-state index contributed by atoms with van der Waals surface area (Å²) in [5.41, 5.74) is 0.629. The van der Waals surface area contributed by atoms with Gasteiger partial charge in [-0.25, -0.2) is 0 Å². The molecule has 148 valence electrons. The topological polar surface area (TPSA) is 49.4 Å². The van der Waals surface area contributed by atoms with E-state index in [1.807, 2.05) is 0 Å². The van der Waals surface area contributed by atoms with Gasteiger partial charge in [0.05, 0.1) is 5.56 Å². The number of carbonyl (C=O) groups excluding carboxylic acids is 2. The molecule has 0 unspecified atom stereocenters. The molecule has 0 saturated carbocycles. The number of alkyl halides is 3. The summed E-state index contributed by atoms with van der Waals surface area (Å²) in [6.07, 6.45) is 3.11. The highest BCUT2D eigenvalue weighted by Gasteiger charge is 2.30. The number of amides is 2. The second-order valence-electron chi connectivity index (χ2n) is 6.74. The Balaban J connectivity index is 1.84. The van der Waals surface area contributed by atoms with Crippen molar-refractivity contribution in [1.29, 1.82) is 0 Å². The lowest BCUT2D eigenvalue weighted by Gasteiger charge is -2.22. The van der Waals surface area contributed by atoms with Crippen LogP contribution in [0.3, 0.4) is 0 Å². The Morgan fingerprint density at radius 2 is 1.96 bits per heavy atom. The minimum atomic E-state index is -4.46. The molecular formula is C20H25F3N2O2. The van der Waals surface area contributed by atoms with Gasteiger partial charge in [0.25, 0.3) is 0 Å². The summed E-state index contributed by atoms with van der Waals surface area (Å²) in [4.78, 5) is 25.5. The highest BCUT2D eigenvalue weighted by Crippen LogP contribution is 2.30. The standard InChI is InChI=1S/C20H25F3N2O2/c1-15(26)25(12-10-16-6-3-2-4-7-16)13-11-19(27)24-18-9-5-8-17(14-18)20(21,22)23/h5-6,8-9,14H,2-4,7,10-13H2,1H3,(H,24,27). The lowest BCUT2D eigenvalue weighted by Crippen LogP contribution is -2.33. The third-order valence-electron chi connectivity index (χ3n) is 4.62. The van der Waals surface area contributed by atoms with E-state index in [4.69, 9.17) is 0 Å². The predicted octanol–water partition coefficient (Wildman–Crippen LogP) is 4.77. The third-order valence-corrected chi connectivity index (χ3v) is 4.62. The van der Waals surface area contributed by atoms with Gasteiger partial charge in [-0.3, -0.25) is 9.59 Å². The van der Waals surface area contributed by atoms with Crippen LogP contribution in [0.25, 0.3) is 0 Å². The molecule has 27 heavy (non-hydrogen) atoms. The molecule has 1 N–H and O–H groups in total. The van der Waals surface area contributed by atoms with Gasteiger partial charge in [0.2, 0.25) is 11.8 Å². The number of nitrogens with zero attached hydrogens (tertiary/aromatic N) is 1. The van der Waals surface area contributed by atoms with Crippen molar-refractivity contribution < 1.29 is 22.8 Å². The van der Waals surface area contributed by atoms with Gasteiger partial charge < -0.3 is 10.2 Å². The number of rotatable bonds is 7. The van der Waals surface area contributed by atoms with Crippen LogP contribution in [0.4, 0.5) is 18.9 Å². The van der Waals surface area contributed by atoms with E-state index in [1.165, 1.54) is 37.5 Å². The quantitative estimate of drug-likeness (QED) is 0.691. The highest BCUT2D eigenvalue weighted by molar-refractivity contribution is 5.91. The molecule has 0 fully saturated rings. The number of halogens is 3. The first-order valence-electron chi connectivity index (χ1n) is 9.16. The van der Waals surface area contributed by atoms with Gasteiger partial charge in [0, 0.05) is 32.1 Å². The van der Waals surface area contributed by atoms with Crippen molar-refractivity contribution in [2.75, 3.05) is 18.4 Å². The van der Waals surface area contributed by atoms with E-state index in [9.17, 15) is 22.8 Å². The fourth-order valence-corrected chi connectivity index (χ4v) is 3.07. The van der Waals surface area contributed by atoms with Crippen LogP contribution in [0, 0.1) is 0 Å². The molecule has 0 aliphatic heterocycles. The van der Waals surface area contributed by atoms with Crippen LogP contribution >= 0.6 is 0 Å². The van der Waals surface area contributed by atoms with E-state index in [0.717, 1.165) is 31.4 Å². The van der Waals surface area contributed by atoms with Gasteiger partial charge in [-0.15, -0.1) is 0 Å². The molecule has 7 heteroatoms. The van der Waals surface area contributed by atoms with Crippen LogP contribution in [0.15, 0.2) is 35.9 Å². The summed E-state index contributed by atoms with van der Waals surface area (Å²) in [5.74, 6) is -0.532. The molecule has 0 saturated heterocycles. The molecule has 0 aromatic heterocycles. The predicted molar refractivity (Wildman–Crippen MR) is 98.1 cm³/mol. The Morgan fingerprint density at radius 1 is 1.19 bits per heavy atom. The van der Waals surface area contributed by atoms with Crippen molar-refractivity contribution in [2.24, 2.45) is 0 Å². The lowest BCUT2D eigenvalue weighted by molar-refractivity contribution is -0.137. The Bertz CT molecular complexity index is 699. The zero-order valence-electron chi connectivity index (χ0n) is 15.4. The summed E-state index contributed by atoms with van der Waals surface area (Å²) < 4.78 is 38.2. The average molecular weight is 382 g/mol. The Morgan fingerprint density at radius 3 is 2.59 bits per heavy atom. The van der Waals surface area contributed by atoms with Crippen LogP contribution in [0.5, 0.6) is 0 Å². The summed E-state index contributed by atoms with van der Waals surface area (Å²) in [5, 5.41) is 2.47. The number of hydrogen-bond donors (Lipinski definition) is 1. The third kappa shape index (κ3) is 7.07. The van der Waals surface area contributed by atoms with Crippen molar-refractivity contribution in [3.05, 3.63) is 41.5 Å². The van der Waals surface area contributed by atoms with Crippen LogP contribution in [0.1, 0.15) is 51.0 Å². The highest BCUT2D eigenvalue weighted by atomic mass is 19.4. The van der Waals surface area contributed by atoms with Crippen molar-refractivity contribution in [2.45, 2.75) is 51.6 Å². The number of carbonyl (C=O) groups is 2. The zero-order valence-corrected chi connectivity index (χ0v) is 15.4. The molecule has 0 radical (unpaired) electrons. The van der Waals surface area contributed by atoms with Gasteiger partial charge >= 0.3 is 6.18 Å². The minimum Gasteiger partial charge on any atom is -0.342 e. The Labute approximate surface area is 157 Å². The van der Waals surface area contributed by atoms with Crippen molar-refractivity contribution >= 4 is 17.5 Å². The van der Waals surface area contributed by atoms with E-state index in [0.29, 0.717) is 6.54 Å². The number of anilines is 1. The number of allylic oxidation sites excluding steroid dienone is 1. The van der Waals surface area contributed by atoms with Crippen LogP contribution in [-0.4, -0.2) is 29.8 Å².